The zero-order valence-electron chi connectivity index (χ0n) is 10.4. The van der Waals surface area contributed by atoms with Gasteiger partial charge in [0.2, 0.25) is 0 Å². The first-order valence-corrected chi connectivity index (χ1v) is 5.35. The third kappa shape index (κ3) is 5.01. The quantitative estimate of drug-likeness (QED) is 0.665. The van der Waals surface area contributed by atoms with Crippen LogP contribution in [0.25, 0.3) is 0 Å². The fourth-order valence-corrected chi connectivity index (χ4v) is 1.25. The van der Waals surface area contributed by atoms with Crippen LogP contribution in [0.5, 0.6) is 0 Å². The predicted octanol–water partition coefficient (Wildman–Crippen LogP) is 3.66. The summed E-state index contributed by atoms with van der Waals surface area (Å²) in [5.41, 5.74) is 1.21. The summed E-state index contributed by atoms with van der Waals surface area (Å²) < 4.78 is 50.4. The molecule has 0 atom stereocenters. The molecule has 0 amide bonds. The van der Waals surface area contributed by atoms with Crippen LogP contribution in [0.2, 0.25) is 0 Å². The largest absolute Gasteiger partial charge is 0.416 e. The molecular weight excluding hydrogens is 250 g/mol. The maximum absolute atomic E-state index is 13.1. The van der Waals surface area contributed by atoms with Crippen molar-refractivity contribution in [2.75, 3.05) is 0 Å². The van der Waals surface area contributed by atoms with Gasteiger partial charge in [-0.3, -0.25) is 4.84 Å². The van der Waals surface area contributed by atoms with Crippen molar-refractivity contribution in [1.82, 2.24) is 5.48 Å². The lowest BCUT2D eigenvalue weighted by atomic mass is 10.1. The van der Waals surface area contributed by atoms with E-state index in [-0.39, 0.29) is 12.1 Å². The van der Waals surface area contributed by atoms with E-state index >= 15 is 0 Å². The highest BCUT2D eigenvalue weighted by Gasteiger charge is 2.31. The predicted molar refractivity (Wildman–Crippen MR) is 59.1 cm³/mol. The molecule has 0 bridgehead atoms. The van der Waals surface area contributed by atoms with Crippen LogP contribution in [0.1, 0.15) is 31.9 Å². The van der Waals surface area contributed by atoms with E-state index in [9.17, 15) is 17.6 Å². The second-order valence-electron chi connectivity index (χ2n) is 4.88. The summed E-state index contributed by atoms with van der Waals surface area (Å²) >= 11 is 0. The molecule has 0 unspecified atom stereocenters. The van der Waals surface area contributed by atoms with Crippen LogP contribution in [0.3, 0.4) is 0 Å². The Morgan fingerprint density at radius 1 is 1.11 bits per heavy atom. The molecule has 1 aromatic rings. The van der Waals surface area contributed by atoms with Gasteiger partial charge in [-0.2, -0.15) is 18.7 Å². The van der Waals surface area contributed by atoms with Crippen molar-refractivity contribution < 1.29 is 22.4 Å². The highest BCUT2D eigenvalue weighted by atomic mass is 19.4. The topological polar surface area (TPSA) is 21.3 Å². The van der Waals surface area contributed by atoms with Crippen molar-refractivity contribution in [3.05, 3.63) is 35.1 Å². The number of benzene rings is 1. The number of hydrogen-bond acceptors (Lipinski definition) is 2. The number of hydroxylamine groups is 1. The average Bonchev–Trinajstić information content (AvgIpc) is 2.13. The van der Waals surface area contributed by atoms with Gasteiger partial charge in [0, 0.05) is 6.54 Å². The van der Waals surface area contributed by atoms with Gasteiger partial charge >= 0.3 is 6.18 Å². The molecule has 2 nitrogen and oxygen atoms in total. The summed E-state index contributed by atoms with van der Waals surface area (Å²) in [7, 11) is 0. The minimum absolute atomic E-state index is 0.00188. The van der Waals surface area contributed by atoms with E-state index in [2.05, 4.69) is 5.48 Å². The number of halogens is 4. The van der Waals surface area contributed by atoms with Crippen LogP contribution >= 0.6 is 0 Å². The molecule has 0 heterocycles. The first-order valence-electron chi connectivity index (χ1n) is 5.35. The third-order valence-electron chi connectivity index (χ3n) is 1.94. The molecule has 6 heteroatoms. The highest BCUT2D eigenvalue weighted by molar-refractivity contribution is 5.26. The number of alkyl halides is 3. The van der Waals surface area contributed by atoms with Gasteiger partial charge in [0.15, 0.2) is 0 Å². The fraction of sp³-hybridized carbons (Fsp3) is 0.500. The Balaban J connectivity index is 2.75. The first-order chi connectivity index (χ1) is 8.08. The van der Waals surface area contributed by atoms with Crippen molar-refractivity contribution in [3.63, 3.8) is 0 Å². The molecule has 18 heavy (non-hydrogen) atoms. The van der Waals surface area contributed by atoms with Crippen molar-refractivity contribution in [3.8, 4) is 0 Å². The fourth-order valence-electron chi connectivity index (χ4n) is 1.25. The number of hydrogen-bond donors (Lipinski definition) is 1. The van der Waals surface area contributed by atoms with Crippen molar-refractivity contribution in [2.24, 2.45) is 0 Å². The van der Waals surface area contributed by atoms with Crippen LogP contribution < -0.4 is 5.48 Å². The van der Waals surface area contributed by atoms with Gasteiger partial charge in [-0.1, -0.05) is 0 Å². The SMILES string of the molecule is CC(C)(C)ONCc1cc(F)cc(C(F)(F)F)c1. The van der Waals surface area contributed by atoms with E-state index in [0.29, 0.717) is 6.07 Å². The lowest BCUT2D eigenvalue weighted by Crippen LogP contribution is -2.28. The number of rotatable bonds is 3. The Hall–Kier alpha value is -1.14. The van der Waals surface area contributed by atoms with Crippen molar-refractivity contribution in [1.29, 1.82) is 0 Å². The van der Waals surface area contributed by atoms with E-state index in [1.165, 1.54) is 0 Å². The molecule has 1 rings (SSSR count). The molecule has 1 aromatic carbocycles. The van der Waals surface area contributed by atoms with Gasteiger partial charge in [0.25, 0.3) is 0 Å². The Morgan fingerprint density at radius 2 is 1.72 bits per heavy atom. The smallest absolute Gasteiger partial charge is 0.296 e. The van der Waals surface area contributed by atoms with E-state index in [1.54, 1.807) is 20.8 Å². The van der Waals surface area contributed by atoms with Crippen molar-refractivity contribution >= 4 is 0 Å². The van der Waals surface area contributed by atoms with Crippen LogP contribution in [0.4, 0.5) is 17.6 Å². The molecule has 0 spiro atoms. The molecule has 1 N–H and O–H groups in total. The van der Waals surface area contributed by atoms with E-state index in [1.807, 2.05) is 0 Å². The standard InChI is InChI=1S/C12H15F4NO/c1-11(2,3)18-17-7-8-4-9(12(14,15)16)6-10(13)5-8/h4-6,17H,7H2,1-3H3. The van der Waals surface area contributed by atoms with E-state index in [4.69, 9.17) is 4.84 Å². The molecular formula is C12H15F4NO. The molecule has 0 aliphatic rings. The third-order valence-corrected chi connectivity index (χ3v) is 1.94. The summed E-state index contributed by atoms with van der Waals surface area (Å²) in [5.74, 6) is -0.919. The van der Waals surface area contributed by atoms with Crippen LogP contribution in [0.15, 0.2) is 18.2 Å². The summed E-state index contributed by atoms with van der Waals surface area (Å²) in [6.45, 7) is 5.35. The van der Waals surface area contributed by atoms with Gasteiger partial charge in [-0.05, 0) is 44.5 Å². The average molecular weight is 265 g/mol. The van der Waals surface area contributed by atoms with E-state index in [0.717, 1.165) is 12.1 Å². The minimum atomic E-state index is -4.55. The Bertz CT molecular complexity index is 410. The monoisotopic (exact) mass is 265 g/mol. The molecule has 0 aromatic heterocycles. The molecule has 102 valence electrons. The normalized spacial score (nSPS) is 12.8. The second-order valence-corrected chi connectivity index (χ2v) is 4.88. The molecule has 0 radical (unpaired) electrons. The maximum Gasteiger partial charge on any atom is 0.416 e. The zero-order valence-corrected chi connectivity index (χ0v) is 10.4. The lowest BCUT2D eigenvalue weighted by molar-refractivity contribution is -0.137. The molecule has 0 aliphatic carbocycles. The zero-order chi connectivity index (χ0) is 14.0. The summed E-state index contributed by atoms with van der Waals surface area (Å²) in [5, 5.41) is 0. The number of nitrogens with one attached hydrogen (secondary N) is 1. The molecule has 0 saturated heterocycles. The van der Waals surface area contributed by atoms with Gasteiger partial charge in [-0.15, -0.1) is 0 Å². The summed E-state index contributed by atoms with van der Waals surface area (Å²) in [6, 6.07) is 2.39. The van der Waals surface area contributed by atoms with Crippen LogP contribution in [0, 0.1) is 5.82 Å². The second kappa shape index (κ2) is 5.24. The summed E-state index contributed by atoms with van der Waals surface area (Å²) in [6.07, 6.45) is -4.55. The van der Waals surface area contributed by atoms with Gasteiger partial charge in [0.05, 0.1) is 11.2 Å². The molecule has 0 fully saturated rings. The Labute approximate surface area is 103 Å². The molecule has 0 aliphatic heterocycles. The first kappa shape index (κ1) is 14.9. The highest BCUT2D eigenvalue weighted by Crippen LogP contribution is 2.30. The lowest BCUT2D eigenvalue weighted by Gasteiger charge is -2.19. The van der Waals surface area contributed by atoms with E-state index < -0.39 is 23.2 Å². The maximum atomic E-state index is 13.1. The van der Waals surface area contributed by atoms with Gasteiger partial charge in [-0.25, -0.2) is 4.39 Å². The Kier molecular flexibility index (Phi) is 4.34. The summed E-state index contributed by atoms with van der Waals surface area (Å²) in [4.78, 5) is 5.14. The van der Waals surface area contributed by atoms with Crippen LogP contribution in [-0.4, -0.2) is 5.60 Å². The molecule has 0 saturated carbocycles. The van der Waals surface area contributed by atoms with Crippen LogP contribution in [-0.2, 0) is 17.6 Å². The van der Waals surface area contributed by atoms with Gasteiger partial charge in [0.1, 0.15) is 5.82 Å². The Morgan fingerprint density at radius 3 is 2.22 bits per heavy atom. The van der Waals surface area contributed by atoms with Gasteiger partial charge < -0.3 is 0 Å². The minimum Gasteiger partial charge on any atom is -0.296 e. The van der Waals surface area contributed by atoms with Crippen molar-refractivity contribution in [2.45, 2.75) is 39.1 Å².